The average molecular weight is 276 g/mol. The van der Waals surface area contributed by atoms with Crippen LogP contribution in [0.4, 0.5) is 13.2 Å². The van der Waals surface area contributed by atoms with Crippen molar-refractivity contribution in [3.8, 4) is 0 Å². The molecule has 0 saturated heterocycles. The Kier molecular flexibility index (Phi) is 3.34. The number of aromatic amines is 1. The molecule has 0 radical (unpaired) electrons. The molecule has 1 aromatic heterocycles. The van der Waals surface area contributed by atoms with E-state index in [0.29, 0.717) is 15.9 Å². The summed E-state index contributed by atoms with van der Waals surface area (Å²) < 4.78 is 36.2. The van der Waals surface area contributed by atoms with Crippen molar-refractivity contribution in [3.05, 3.63) is 35.0 Å². The van der Waals surface area contributed by atoms with E-state index in [-0.39, 0.29) is 5.56 Å². The summed E-state index contributed by atoms with van der Waals surface area (Å²) in [6.07, 6.45) is -4.59. The van der Waals surface area contributed by atoms with Crippen LogP contribution in [0.15, 0.2) is 24.4 Å². The minimum absolute atomic E-state index is 0.247. The number of hydrogen-bond acceptors (Lipinski definition) is 1. The molecule has 0 aliphatic carbocycles. The zero-order valence-corrected chi connectivity index (χ0v) is 9.90. The van der Waals surface area contributed by atoms with Crippen LogP contribution in [0, 0.1) is 0 Å². The van der Waals surface area contributed by atoms with E-state index in [0.717, 1.165) is 0 Å². The van der Waals surface area contributed by atoms with Crippen LogP contribution in [0.1, 0.15) is 23.2 Å². The normalized spacial score (nSPS) is 12.0. The first-order valence-corrected chi connectivity index (χ1v) is 5.62. The maximum absolute atomic E-state index is 12.1. The number of alkyl halides is 3. The molecule has 0 spiro atoms. The average Bonchev–Trinajstić information content (AvgIpc) is 2.70. The van der Waals surface area contributed by atoms with Gasteiger partial charge < -0.3 is 4.98 Å². The first-order valence-electron chi connectivity index (χ1n) is 5.24. The number of benzene rings is 1. The lowest BCUT2D eigenvalue weighted by molar-refractivity contribution is -0.133. The van der Waals surface area contributed by atoms with E-state index in [2.05, 4.69) is 4.98 Å². The van der Waals surface area contributed by atoms with Crippen molar-refractivity contribution in [3.63, 3.8) is 0 Å². The predicted octanol–water partition coefficient (Wildman–Crippen LogP) is 4.35. The fraction of sp³-hybridized carbons (Fsp3) is 0.250. The Morgan fingerprint density at radius 1 is 1.33 bits per heavy atom. The summed E-state index contributed by atoms with van der Waals surface area (Å²) in [5, 5.41) is 0.983. The van der Waals surface area contributed by atoms with E-state index in [1.165, 1.54) is 6.20 Å². The van der Waals surface area contributed by atoms with Gasteiger partial charge in [-0.05, 0) is 6.07 Å². The molecule has 2 rings (SSSR count). The van der Waals surface area contributed by atoms with Crippen LogP contribution < -0.4 is 0 Å². The van der Waals surface area contributed by atoms with Gasteiger partial charge in [0.1, 0.15) is 0 Å². The third-order valence-corrected chi connectivity index (χ3v) is 2.92. The lowest BCUT2D eigenvalue weighted by Crippen LogP contribution is -2.10. The van der Waals surface area contributed by atoms with Crippen LogP contribution in [-0.2, 0) is 0 Å². The predicted molar refractivity (Wildman–Crippen MR) is 62.9 cm³/mol. The van der Waals surface area contributed by atoms with E-state index in [9.17, 15) is 18.0 Å². The SMILES string of the molecule is O=C(CCC(F)(F)F)c1c[nH]c2c(Cl)cccc12. The lowest BCUT2D eigenvalue weighted by atomic mass is 10.1. The molecule has 0 fully saturated rings. The van der Waals surface area contributed by atoms with Gasteiger partial charge >= 0.3 is 6.18 Å². The van der Waals surface area contributed by atoms with Gasteiger partial charge in [-0.2, -0.15) is 13.2 Å². The second-order valence-corrected chi connectivity index (χ2v) is 4.31. The zero-order chi connectivity index (χ0) is 13.3. The van der Waals surface area contributed by atoms with E-state index in [1.54, 1.807) is 18.2 Å². The minimum atomic E-state index is -4.32. The molecule has 0 amide bonds. The number of halogens is 4. The van der Waals surface area contributed by atoms with Gasteiger partial charge in [-0.3, -0.25) is 4.79 Å². The second-order valence-electron chi connectivity index (χ2n) is 3.90. The molecule has 1 N–H and O–H groups in total. The molecule has 1 heterocycles. The van der Waals surface area contributed by atoms with Crippen LogP contribution >= 0.6 is 11.6 Å². The molecule has 96 valence electrons. The molecule has 0 saturated carbocycles. The van der Waals surface area contributed by atoms with Gasteiger partial charge in [0.05, 0.1) is 17.0 Å². The highest BCUT2D eigenvalue weighted by Crippen LogP contribution is 2.28. The summed E-state index contributed by atoms with van der Waals surface area (Å²) in [7, 11) is 0. The highest BCUT2D eigenvalue weighted by Gasteiger charge is 2.28. The van der Waals surface area contributed by atoms with Crippen LogP contribution in [0.2, 0.25) is 5.02 Å². The van der Waals surface area contributed by atoms with Crippen molar-refractivity contribution >= 4 is 28.3 Å². The summed E-state index contributed by atoms with van der Waals surface area (Å²) in [6.45, 7) is 0. The largest absolute Gasteiger partial charge is 0.389 e. The summed E-state index contributed by atoms with van der Waals surface area (Å²) in [5.41, 5.74) is 0.811. The molecule has 0 aliphatic rings. The van der Waals surface area contributed by atoms with Crippen molar-refractivity contribution in [2.75, 3.05) is 0 Å². The summed E-state index contributed by atoms with van der Waals surface area (Å²) >= 11 is 5.90. The molecule has 2 nitrogen and oxygen atoms in total. The first-order chi connectivity index (χ1) is 8.38. The summed E-state index contributed by atoms with van der Waals surface area (Å²) in [6, 6.07) is 4.95. The quantitative estimate of drug-likeness (QED) is 0.830. The molecule has 1 aromatic carbocycles. The van der Waals surface area contributed by atoms with Gasteiger partial charge in [-0.25, -0.2) is 0 Å². The molecule has 2 aromatic rings. The number of nitrogens with one attached hydrogen (secondary N) is 1. The number of carbonyl (C=O) groups is 1. The van der Waals surface area contributed by atoms with Crippen LogP contribution in [-0.4, -0.2) is 16.9 Å². The number of ketones is 1. The number of hydrogen-bond donors (Lipinski definition) is 1. The Labute approximate surface area is 106 Å². The molecular weight excluding hydrogens is 267 g/mol. The number of para-hydroxylation sites is 1. The van der Waals surface area contributed by atoms with Crippen molar-refractivity contribution in [1.82, 2.24) is 4.98 Å². The number of rotatable bonds is 3. The molecule has 0 atom stereocenters. The fourth-order valence-corrected chi connectivity index (χ4v) is 1.97. The number of aromatic nitrogens is 1. The fourth-order valence-electron chi connectivity index (χ4n) is 1.74. The Balaban J connectivity index is 2.26. The van der Waals surface area contributed by atoms with Crippen LogP contribution in [0.3, 0.4) is 0 Å². The number of H-pyrrole nitrogens is 1. The van der Waals surface area contributed by atoms with Crippen molar-refractivity contribution < 1.29 is 18.0 Å². The Morgan fingerprint density at radius 3 is 2.72 bits per heavy atom. The topological polar surface area (TPSA) is 32.9 Å². The monoisotopic (exact) mass is 275 g/mol. The van der Waals surface area contributed by atoms with E-state index in [4.69, 9.17) is 11.6 Å². The van der Waals surface area contributed by atoms with E-state index >= 15 is 0 Å². The molecule has 0 aliphatic heterocycles. The van der Waals surface area contributed by atoms with Crippen LogP contribution in [0.25, 0.3) is 10.9 Å². The highest BCUT2D eigenvalue weighted by atomic mass is 35.5. The first kappa shape index (κ1) is 13.0. The Bertz CT molecular complexity index is 589. The maximum atomic E-state index is 12.1. The molecule has 6 heteroatoms. The molecule has 0 unspecified atom stereocenters. The summed E-state index contributed by atoms with van der Waals surface area (Å²) in [5.74, 6) is -0.541. The Hall–Kier alpha value is -1.49. The standard InChI is InChI=1S/C12H9ClF3NO/c13-9-3-1-2-7-8(6-17-11(7)9)10(18)4-5-12(14,15)16/h1-3,6,17H,4-5H2. The van der Waals surface area contributed by atoms with Gasteiger partial charge in [0, 0.05) is 23.6 Å². The number of Topliss-reactive ketones (excluding diaryl/α,β-unsaturated/α-hetero) is 1. The smallest absolute Gasteiger partial charge is 0.359 e. The van der Waals surface area contributed by atoms with Crippen LogP contribution in [0.5, 0.6) is 0 Å². The van der Waals surface area contributed by atoms with Crippen molar-refractivity contribution in [2.24, 2.45) is 0 Å². The number of carbonyl (C=O) groups excluding carboxylic acids is 1. The zero-order valence-electron chi connectivity index (χ0n) is 9.14. The van der Waals surface area contributed by atoms with E-state index in [1.807, 2.05) is 0 Å². The molecule has 18 heavy (non-hydrogen) atoms. The maximum Gasteiger partial charge on any atom is 0.389 e. The highest BCUT2D eigenvalue weighted by molar-refractivity contribution is 6.35. The number of fused-ring (bicyclic) bond motifs is 1. The van der Waals surface area contributed by atoms with Gasteiger partial charge in [-0.1, -0.05) is 23.7 Å². The Morgan fingerprint density at radius 2 is 2.06 bits per heavy atom. The molecular formula is C12H9ClF3NO. The lowest BCUT2D eigenvalue weighted by Gasteiger charge is -2.04. The summed E-state index contributed by atoms with van der Waals surface area (Å²) in [4.78, 5) is 14.5. The molecule has 0 bridgehead atoms. The third kappa shape index (κ3) is 2.67. The van der Waals surface area contributed by atoms with Gasteiger partial charge in [-0.15, -0.1) is 0 Å². The van der Waals surface area contributed by atoms with E-state index < -0.39 is 24.8 Å². The van der Waals surface area contributed by atoms with Gasteiger partial charge in [0.25, 0.3) is 0 Å². The van der Waals surface area contributed by atoms with Crippen molar-refractivity contribution in [1.29, 1.82) is 0 Å². The second kappa shape index (κ2) is 4.65. The van der Waals surface area contributed by atoms with Gasteiger partial charge in [0.15, 0.2) is 5.78 Å². The van der Waals surface area contributed by atoms with Gasteiger partial charge in [0.2, 0.25) is 0 Å². The minimum Gasteiger partial charge on any atom is -0.359 e. The third-order valence-electron chi connectivity index (χ3n) is 2.60. The van der Waals surface area contributed by atoms with Crippen molar-refractivity contribution in [2.45, 2.75) is 19.0 Å².